The molecule has 1 aromatic heterocycles. The number of nitrogens with one attached hydrogen (secondary N) is 1. The summed E-state index contributed by atoms with van der Waals surface area (Å²) in [5.74, 6) is 2.74. The molecule has 1 N–H and O–H groups in total. The lowest BCUT2D eigenvalue weighted by Crippen LogP contribution is -2.52. The van der Waals surface area contributed by atoms with E-state index in [0.29, 0.717) is 0 Å². The smallest absolute Gasteiger partial charge is 0.193 e. The van der Waals surface area contributed by atoms with Crippen molar-refractivity contribution in [2.45, 2.75) is 33.2 Å². The second kappa shape index (κ2) is 11.3. The van der Waals surface area contributed by atoms with Crippen LogP contribution in [-0.4, -0.2) is 74.7 Å². The Kier molecular flexibility index (Phi) is 8.54. The number of benzene rings is 1. The van der Waals surface area contributed by atoms with Gasteiger partial charge in [0, 0.05) is 63.2 Å². The third-order valence-electron chi connectivity index (χ3n) is 5.66. The molecule has 1 aliphatic heterocycles. The molecule has 0 radical (unpaired) electrons. The van der Waals surface area contributed by atoms with Crippen LogP contribution in [0.15, 0.2) is 23.2 Å². The normalized spacial score (nSPS) is 15.3. The van der Waals surface area contributed by atoms with Crippen LogP contribution in [0.3, 0.4) is 0 Å². The van der Waals surface area contributed by atoms with Gasteiger partial charge in [-0.3, -0.25) is 9.89 Å². The van der Waals surface area contributed by atoms with Gasteiger partial charge in [0.25, 0.3) is 0 Å². The van der Waals surface area contributed by atoms with Crippen LogP contribution in [0.25, 0.3) is 0 Å². The van der Waals surface area contributed by atoms with Gasteiger partial charge in [-0.25, -0.2) is 4.98 Å². The maximum atomic E-state index is 5.53. The molecule has 0 unspecified atom stereocenters. The Bertz CT molecular complexity index is 875. The second-order valence-corrected chi connectivity index (χ2v) is 8.92. The summed E-state index contributed by atoms with van der Waals surface area (Å²) in [6.07, 6.45) is 1.93. The predicted octanol–water partition coefficient (Wildman–Crippen LogP) is 2.97. The van der Waals surface area contributed by atoms with E-state index in [2.05, 4.69) is 40.0 Å². The van der Waals surface area contributed by atoms with E-state index in [-0.39, 0.29) is 0 Å². The molecule has 0 aliphatic carbocycles. The number of guanidine groups is 1. The van der Waals surface area contributed by atoms with Crippen LogP contribution in [0, 0.1) is 6.92 Å². The molecule has 170 valence electrons. The zero-order chi connectivity index (χ0) is 22.2. The van der Waals surface area contributed by atoms with Crippen LogP contribution in [0.5, 0.6) is 11.5 Å². The van der Waals surface area contributed by atoms with Gasteiger partial charge in [-0.05, 0) is 31.5 Å². The number of aliphatic imine (C=N–C) groups is 1. The highest BCUT2D eigenvalue weighted by atomic mass is 32.1. The summed E-state index contributed by atoms with van der Waals surface area (Å²) in [5, 5.41) is 4.72. The van der Waals surface area contributed by atoms with Crippen LogP contribution in [-0.2, 0) is 19.4 Å². The van der Waals surface area contributed by atoms with Crippen LogP contribution < -0.4 is 14.8 Å². The molecular weight excluding hydrogens is 410 g/mol. The van der Waals surface area contributed by atoms with Gasteiger partial charge in [0.2, 0.25) is 0 Å². The largest absolute Gasteiger partial charge is 0.497 e. The van der Waals surface area contributed by atoms with Crippen molar-refractivity contribution in [2.24, 2.45) is 4.99 Å². The highest BCUT2D eigenvalue weighted by molar-refractivity contribution is 7.11. The van der Waals surface area contributed by atoms with E-state index in [1.807, 2.05) is 30.5 Å². The maximum absolute atomic E-state index is 5.53. The molecule has 0 amide bonds. The molecule has 0 saturated carbocycles. The maximum Gasteiger partial charge on any atom is 0.193 e. The number of nitrogens with zero attached hydrogens (tertiary/aromatic N) is 4. The molecule has 0 atom stereocenters. The van der Waals surface area contributed by atoms with E-state index in [0.717, 1.165) is 75.1 Å². The van der Waals surface area contributed by atoms with E-state index >= 15 is 0 Å². The fourth-order valence-corrected chi connectivity index (χ4v) is 4.92. The fraction of sp³-hybridized carbons (Fsp3) is 0.565. The summed E-state index contributed by atoms with van der Waals surface area (Å²) >= 11 is 1.81. The monoisotopic (exact) mass is 445 g/mol. The van der Waals surface area contributed by atoms with Crippen molar-refractivity contribution >= 4 is 17.3 Å². The minimum absolute atomic E-state index is 0.851. The van der Waals surface area contributed by atoms with Crippen LogP contribution >= 0.6 is 11.3 Å². The summed E-state index contributed by atoms with van der Waals surface area (Å²) in [5.41, 5.74) is 2.39. The number of piperazine rings is 1. The van der Waals surface area contributed by atoms with Gasteiger partial charge in [-0.1, -0.05) is 6.92 Å². The van der Waals surface area contributed by atoms with Crippen molar-refractivity contribution in [2.75, 3.05) is 54.0 Å². The minimum Gasteiger partial charge on any atom is -0.497 e. The van der Waals surface area contributed by atoms with Gasteiger partial charge < -0.3 is 19.7 Å². The summed E-state index contributed by atoms with van der Waals surface area (Å²) in [7, 11) is 5.27. The van der Waals surface area contributed by atoms with Crippen molar-refractivity contribution in [3.63, 3.8) is 0 Å². The van der Waals surface area contributed by atoms with Gasteiger partial charge in [-0.2, -0.15) is 0 Å². The van der Waals surface area contributed by atoms with Crippen molar-refractivity contribution in [1.82, 2.24) is 20.1 Å². The number of thiazole rings is 1. The third-order valence-corrected chi connectivity index (χ3v) is 6.73. The molecular formula is C23H35N5O2S. The summed E-state index contributed by atoms with van der Waals surface area (Å²) in [6.45, 7) is 9.88. The molecule has 1 aromatic carbocycles. The summed E-state index contributed by atoms with van der Waals surface area (Å²) in [4.78, 5) is 15.4. The first-order valence-electron chi connectivity index (χ1n) is 10.9. The van der Waals surface area contributed by atoms with E-state index in [1.165, 1.54) is 15.6 Å². The average Bonchev–Trinajstić information content (AvgIpc) is 3.16. The van der Waals surface area contributed by atoms with Gasteiger partial charge in [0.1, 0.15) is 11.5 Å². The van der Waals surface area contributed by atoms with Crippen LogP contribution in [0.1, 0.15) is 28.1 Å². The molecule has 1 aliphatic rings. The van der Waals surface area contributed by atoms with Gasteiger partial charge in [0.05, 0.1) is 24.9 Å². The number of rotatable bonds is 8. The Morgan fingerprint density at radius 1 is 1.19 bits per heavy atom. The minimum atomic E-state index is 0.851. The molecule has 31 heavy (non-hydrogen) atoms. The number of hydrogen-bond acceptors (Lipinski definition) is 6. The SMILES string of the molecule is CCc1nc(CCNC(=NC)N2CCN(Cc3cc(OC)ccc3OC)CC2)sc1C. The Balaban J connectivity index is 1.48. The Labute approximate surface area is 190 Å². The highest BCUT2D eigenvalue weighted by Gasteiger charge is 2.21. The Hall–Kier alpha value is -2.32. The molecule has 3 rings (SSSR count). The molecule has 0 bridgehead atoms. The number of methoxy groups -OCH3 is 2. The Morgan fingerprint density at radius 2 is 1.97 bits per heavy atom. The van der Waals surface area contributed by atoms with Crippen molar-refractivity contribution in [3.8, 4) is 11.5 Å². The zero-order valence-corrected chi connectivity index (χ0v) is 20.2. The van der Waals surface area contributed by atoms with Gasteiger partial charge in [0.15, 0.2) is 5.96 Å². The molecule has 1 saturated heterocycles. The summed E-state index contributed by atoms with van der Waals surface area (Å²) < 4.78 is 10.9. The topological polar surface area (TPSA) is 62.2 Å². The first-order chi connectivity index (χ1) is 15.1. The molecule has 0 spiro atoms. The lowest BCUT2D eigenvalue weighted by Gasteiger charge is -2.36. The van der Waals surface area contributed by atoms with Gasteiger partial charge >= 0.3 is 0 Å². The van der Waals surface area contributed by atoms with Crippen LogP contribution in [0.2, 0.25) is 0 Å². The zero-order valence-electron chi connectivity index (χ0n) is 19.4. The predicted molar refractivity (Wildman–Crippen MR) is 128 cm³/mol. The number of aryl methyl sites for hydroxylation is 2. The fourth-order valence-electron chi connectivity index (χ4n) is 3.90. The summed E-state index contributed by atoms with van der Waals surface area (Å²) in [6, 6.07) is 5.98. The molecule has 7 nitrogen and oxygen atoms in total. The quantitative estimate of drug-likeness (QED) is 0.498. The lowest BCUT2D eigenvalue weighted by atomic mass is 10.1. The second-order valence-electron chi connectivity index (χ2n) is 7.63. The number of ether oxygens (including phenoxy) is 2. The van der Waals surface area contributed by atoms with E-state index in [4.69, 9.17) is 14.5 Å². The first-order valence-corrected chi connectivity index (χ1v) is 11.7. The van der Waals surface area contributed by atoms with Crippen molar-refractivity contribution in [3.05, 3.63) is 39.3 Å². The van der Waals surface area contributed by atoms with Gasteiger partial charge in [-0.15, -0.1) is 11.3 Å². The molecule has 2 heterocycles. The van der Waals surface area contributed by atoms with Crippen molar-refractivity contribution in [1.29, 1.82) is 0 Å². The standard InChI is InChI=1S/C23H35N5O2S/c1-6-20-17(2)31-22(26-20)9-10-25-23(24-3)28-13-11-27(12-14-28)16-18-15-19(29-4)7-8-21(18)30-5/h7-8,15H,6,9-14,16H2,1-5H3,(H,24,25). The number of hydrogen-bond donors (Lipinski definition) is 1. The highest BCUT2D eigenvalue weighted by Crippen LogP contribution is 2.25. The van der Waals surface area contributed by atoms with E-state index in [9.17, 15) is 0 Å². The third kappa shape index (κ3) is 6.11. The number of aromatic nitrogens is 1. The lowest BCUT2D eigenvalue weighted by molar-refractivity contribution is 0.171. The Morgan fingerprint density at radius 3 is 2.58 bits per heavy atom. The first kappa shape index (κ1) is 23.3. The molecule has 2 aromatic rings. The molecule has 8 heteroatoms. The van der Waals surface area contributed by atoms with E-state index in [1.54, 1.807) is 14.2 Å². The van der Waals surface area contributed by atoms with Crippen molar-refractivity contribution < 1.29 is 9.47 Å². The van der Waals surface area contributed by atoms with Crippen LogP contribution in [0.4, 0.5) is 0 Å². The average molecular weight is 446 g/mol. The van der Waals surface area contributed by atoms with E-state index < -0.39 is 0 Å². The molecule has 1 fully saturated rings.